The van der Waals surface area contributed by atoms with Crippen molar-refractivity contribution in [2.24, 2.45) is 0 Å². The fourth-order valence-electron chi connectivity index (χ4n) is 8.53. The molecule has 6 aromatic carbocycles. The Morgan fingerprint density at radius 1 is 0.614 bits per heavy atom. The first kappa shape index (κ1) is 33.4. The van der Waals surface area contributed by atoms with Crippen LogP contribution in [0.3, 0.4) is 0 Å². The Balaban J connectivity index is 1.23. The summed E-state index contributed by atoms with van der Waals surface area (Å²) in [6, 6.07) is 42.3. The summed E-state index contributed by atoms with van der Waals surface area (Å²) in [7, 11) is 0. The van der Waals surface area contributed by atoms with Crippen LogP contribution < -0.4 is 0 Å². The molecule has 5 nitrogen and oxygen atoms in total. The molecule has 0 radical (unpaired) electrons. The Morgan fingerprint density at radius 2 is 1.40 bits per heavy atom. The summed E-state index contributed by atoms with van der Waals surface area (Å²) >= 11 is 1.82. The average molecular weight is 754 g/mol. The van der Waals surface area contributed by atoms with Gasteiger partial charge in [-0.1, -0.05) is 122 Å². The Morgan fingerprint density at radius 3 is 2.32 bits per heavy atom. The average Bonchev–Trinajstić information content (AvgIpc) is 3.95. The van der Waals surface area contributed by atoms with Crippen LogP contribution in [0.4, 0.5) is 0 Å². The number of para-hydroxylation sites is 1. The fraction of sp³-hybridized carbons (Fsp3) is 0.0784. The van der Waals surface area contributed by atoms with Crippen LogP contribution in [0.25, 0.3) is 111 Å². The van der Waals surface area contributed by atoms with Crippen LogP contribution in [0.1, 0.15) is 43.1 Å². The molecule has 0 saturated heterocycles. The maximum Gasteiger partial charge on any atom is 0.165 e. The van der Waals surface area contributed by atoms with Gasteiger partial charge in [-0.2, -0.15) is 0 Å². The number of rotatable bonds is 6. The SMILES string of the molecule is C/C=C\C=C/c1ccc2c(c1)sc1cccc(-c3ccc4oc5ccccc5c4c3-c3nc(-c4ccccc4)nc(-c4cccc5oc6c(c45)C(C)CC=C6)n3)c12. The maximum atomic E-state index is 6.55. The molecular weight excluding hydrogens is 719 g/mol. The smallest absolute Gasteiger partial charge is 0.165 e. The van der Waals surface area contributed by atoms with E-state index in [0.29, 0.717) is 23.4 Å². The van der Waals surface area contributed by atoms with E-state index >= 15 is 0 Å². The molecule has 1 atom stereocenters. The molecule has 1 aliphatic rings. The molecule has 11 rings (SSSR count). The van der Waals surface area contributed by atoms with Crippen LogP contribution in [0.15, 0.2) is 154 Å². The molecule has 272 valence electrons. The van der Waals surface area contributed by atoms with Gasteiger partial charge in [-0.15, -0.1) is 11.3 Å². The van der Waals surface area contributed by atoms with Gasteiger partial charge in [0.2, 0.25) is 0 Å². The fourth-order valence-corrected chi connectivity index (χ4v) is 9.71. The number of hydrogen-bond donors (Lipinski definition) is 0. The summed E-state index contributed by atoms with van der Waals surface area (Å²) in [5.41, 5.74) is 9.71. The number of benzene rings is 6. The van der Waals surface area contributed by atoms with E-state index in [1.54, 1.807) is 0 Å². The molecule has 4 heterocycles. The summed E-state index contributed by atoms with van der Waals surface area (Å²) in [5.74, 6) is 2.99. The number of allylic oxidation sites excluding steroid dienone is 4. The lowest BCUT2D eigenvalue weighted by Gasteiger charge is -2.16. The maximum absolute atomic E-state index is 6.55. The van der Waals surface area contributed by atoms with Crippen LogP contribution in [-0.2, 0) is 0 Å². The second kappa shape index (κ2) is 13.4. The van der Waals surface area contributed by atoms with Gasteiger partial charge in [0, 0.05) is 58.6 Å². The highest BCUT2D eigenvalue weighted by Gasteiger charge is 2.27. The van der Waals surface area contributed by atoms with Gasteiger partial charge in [0.25, 0.3) is 0 Å². The number of thiophene rings is 1. The molecule has 0 N–H and O–H groups in total. The van der Waals surface area contributed by atoms with Crippen molar-refractivity contribution in [3.05, 3.63) is 163 Å². The first-order valence-corrected chi connectivity index (χ1v) is 20.2. The summed E-state index contributed by atoms with van der Waals surface area (Å²) < 4.78 is 15.5. The zero-order chi connectivity index (χ0) is 38.0. The first-order valence-electron chi connectivity index (χ1n) is 19.4. The summed E-state index contributed by atoms with van der Waals surface area (Å²) in [6.07, 6.45) is 13.6. The van der Waals surface area contributed by atoms with Crippen LogP contribution >= 0.6 is 11.3 Å². The van der Waals surface area contributed by atoms with Crippen LogP contribution in [0.2, 0.25) is 0 Å². The lowest BCUT2D eigenvalue weighted by molar-refractivity contribution is 0.586. The van der Waals surface area contributed by atoms with Crippen molar-refractivity contribution in [3.8, 4) is 45.3 Å². The first-order chi connectivity index (χ1) is 28.1. The van der Waals surface area contributed by atoms with Crippen LogP contribution in [-0.4, -0.2) is 15.0 Å². The third-order valence-corrected chi connectivity index (χ3v) is 12.2. The number of fused-ring (bicyclic) bond motifs is 9. The van der Waals surface area contributed by atoms with Crippen molar-refractivity contribution < 1.29 is 8.83 Å². The van der Waals surface area contributed by atoms with Crippen molar-refractivity contribution in [1.29, 1.82) is 0 Å². The monoisotopic (exact) mass is 753 g/mol. The van der Waals surface area contributed by atoms with Gasteiger partial charge < -0.3 is 8.83 Å². The molecule has 0 spiro atoms. The molecule has 6 heteroatoms. The topological polar surface area (TPSA) is 65.0 Å². The minimum Gasteiger partial charge on any atom is -0.456 e. The van der Waals surface area contributed by atoms with E-state index in [9.17, 15) is 0 Å². The van der Waals surface area contributed by atoms with E-state index < -0.39 is 0 Å². The highest BCUT2D eigenvalue weighted by Crippen LogP contribution is 2.48. The predicted octanol–water partition coefficient (Wildman–Crippen LogP) is 14.7. The zero-order valence-electron chi connectivity index (χ0n) is 31.4. The van der Waals surface area contributed by atoms with Gasteiger partial charge in [0.1, 0.15) is 22.5 Å². The molecular formula is C51H35N3O2S. The number of nitrogens with zero attached hydrogens (tertiary/aromatic N) is 3. The van der Waals surface area contributed by atoms with Crippen molar-refractivity contribution in [1.82, 2.24) is 15.0 Å². The van der Waals surface area contributed by atoms with Gasteiger partial charge in [-0.25, -0.2) is 15.0 Å². The van der Waals surface area contributed by atoms with E-state index in [0.717, 1.165) is 72.9 Å². The third kappa shape index (κ3) is 5.47. The highest BCUT2D eigenvalue weighted by atomic mass is 32.1. The minimum atomic E-state index is 0.293. The summed E-state index contributed by atoms with van der Waals surface area (Å²) in [6.45, 7) is 4.29. The quantitative estimate of drug-likeness (QED) is 0.158. The van der Waals surface area contributed by atoms with Gasteiger partial charge in [0.15, 0.2) is 17.5 Å². The normalized spacial score (nSPS) is 14.4. The molecule has 0 bridgehead atoms. The highest BCUT2D eigenvalue weighted by molar-refractivity contribution is 7.26. The van der Waals surface area contributed by atoms with Gasteiger partial charge in [-0.3, -0.25) is 0 Å². The standard InChI is InChI=1S/C51H35N3O2S/c1-3-4-6-15-31-25-26-36-43(29-31)57-42-24-13-19-33(45(36)42)34-27-28-41-46(35-18-9-10-21-38(35)55-41)48(34)51-53-49(32-16-7-5-8-17-32)52-50(54-51)37-20-12-23-40-47(37)44-30(2)14-11-22-39(44)56-40/h3-13,15-30H,14H2,1-2H3/b4-3-,15-6-. The molecule has 0 aliphatic heterocycles. The predicted molar refractivity (Wildman–Crippen MR) is 237 cm³/mol. The summed E-state index contributed by atoms with van der Waals surface area (Å²) in [5, 5.41) is 5.48. The molecule has 0 amide bonds. The zero-order valence-corrected chi connectivity index (χ0v) is 32.2. The second-order valence-corrected chi connectivity index (χ2v) is 15.7. The minimum absolute atomic E-state index is 0.293. The molecule has 1 aliphatic carbocycles. The van der Waals surface area contributed by atoms with Gasteiger partial charge >= 0.3 is 0 Å². The Hall–Kier alpha value is -6.89. The molecule has 10 aromatic rings. The molecule has 0 saturated carbocycles. The van der Waals surface area contributed by atoms with E-state index in [-0.39, 0.29) is 0 Å². The summed E-state index contributed by atoms with van der Waals surface area (Å²) in [4.78, 5) is 16.1. The number of hydrogen-bond acceptors (Lipinski definition) is 6. The van der Waals surface area contributed by atoms with Crippen LogP contribution in [0, 0.1) is 0 Å². The van der Waals surface area contributed by atoms with Crippen molar-refractivity contribution in [2.45, 2.75) is 26.2 Å². The van der Waals surface area contributed by atoms with Crippen molar-refractivity contribution in [3.63, 3.8) is 0 Å². The van der Waals surface area contributed by atoms with Crippen LogP contribution in [0.5, 0.6) is 0 Å². The lowest BCUT2D eigenvalue weighted by atomic mass is 9.89. The Bertz CT molecular complexity index is 3310. The van der Waals surface area contributed by atoms with Crippen molar-refractivity contribution in [2.75, 3.05) is 0 Å². The van der Waals surface area contributed by atoms with E-state index in [4.69, 9.17) is 23.8 Å². The van der Waals surface area contributed by atoms with E-state index in [1.165, 1.54) is 31.3 Å². The van der Waals surface area contributed by atoms with E-state index in [1.807, 2.05) is 66.8 Å². The van der Waals surface area contributed by atoms with E-state index in [2.05, 4.69) is 116 Å². The second-order valence-electron chi connectivity index (χ2n) is 14.7. The molecule has 0 fully saturated rings. The van der Waals surface area contributed by atoms with Crippen molar-refractivity contribution >= 4 is 76.6 Å². The largest absolute Gasteiger partial charge is 0.456 e. The van der Waals surface area contributed by atoms with Gasteiger partial charge in [-0.05, 0) is 78.4 Å². The molecule has 4 aromatic heterocycles. The molecule has 1 unspecified atom stereocenters. The Kier molecular flexibility index (Phi) is 7.86. The number of furan rings is 2. The number of aromatic nitrogens is 3. The molecule has 57 heavy (non-hydrogen) atoms. The van der Waals surface area contributed by atoms with Gasteiger partial charge in [0.05, 0.1) is 0 Å². The third-order valence-electron chi connectivity index (χ3n) is 11.1. The lowest BCUT2D eigenvalue weighted by Crippen LogP contribution is -2.03. The Labute approximate surface area is 333 Å².